The molecular weight excluding hydrogens is 501 g/mol. The normalized spacial score (nSPS) is 11.5. The molecule has 0 bridgehead atoms. The Labute approximate surface area is 224 Å². The van der Waals surface area contributed by atoms with Crippen molar-refractivity contribution in [2.75, 3.05) is 7.11 Å². The van der Waals surface area contributed by atoms with Gasteiger partial charge in [-0.15, -0.1) is 0 Å². The van der Waals surface area contributed by atoms with Gasteiger partial charge < -0.3 is 10.1 Å². The van der Waals surface area contributed by atoms with E-state index in [2.05, 4.69) is 10.3 Å². The number of benzene rings is 4. The van der Waals surface area contributed by atoms with E-state index in [-0.39, 0.29) is 11.2 Å². The number of hydrogen-bond donors (Lipinski definition) is 1. The van der Waals surface area contributed by atoms with Crippen LogP contribution in [0.3, 0.4) is 0 Å². The maximum Gasteiger partial charge on any atom is 0.418 e. The number of para-hydroxylation sites is 2. The van der Waals surface area contributed by atoms with E-state index in [1.807, 2.05) is 48.5 Å². The largest absolute Gasteiger partial charge is 0.496 e. The van der Waals surface area contributed by atoms with Crippen LogP contribution in [0.1, 0.15) is 32.7 Å². The molecule has 4 aromatic carbocycles. The quantitative estimate of drug-likeness (QED) is 0.213. The Hall–Kier alpha value is -4.49. The molecule has 0 unspecified atom stereocenters. The Kier molecular flexibility index (Phi) is 7.43. The van der Waals surface area contributed by atoms with E-state index in [9.17, 15) is 18.0 Å². The average molecular weight is 527 g/mol. The Bertz CT molecular complexity index is 1630. The van der Waals surface area contributed by atoms with Crippen LogP contribution in [0.2, 0.25) is 0 Å². The second kappa shape index (κ2) is 11.1. The van der Waals surface area contributed by atoms with E-state index >= 15 is 0 Å². The third-order valence-corrected chi connectivity index (χ3v) is 6.49. The van der Waals surface area contributed by atoms with Gasteiger partial charge in [0.05, 0.1) is 18.2 Å². The van der Waals surface area contributed by atoms with Crippen molar-refractivity contribution in [1.82, 2.24) is 10.3 Å². The summed E-state index contributed by atoms with van der Waals surface area (Å²) in [4.78, 5) is 17.5. The molecule has 0 aliphatic heterocycles. The third kappa shape index (κ3) is 5.68. The van der Waals surface area contributed by atoms with Crippen molar-refractivity contribution in [3.8, 4) is 16.9 Å². The van der Waals surface area contributed by atoms with Gasteiger partial charge in [-0.3, -0.25) is 4.79 Å². The lowest BCUT2D eigenvalue weighted by atomic mass is 9.95. The SMILES string of the molecule is COc1ccccc1CNCc1cccc(-c2cc(C(=O)c3ccccc3)nc3c(C(F)(F)F)cccc23)c1. The number of halogens is 3. The smallest absolute Gasteiger partial charge is 0.418 e. The number of nitrogens with one attached hydrogen (secondary N) is 1. The zero-order chi connectivity index (χ0) is 27.4. The summed E-state index contributed by atoms with van der Waals surface area (Å²) in [7, 11) is 1.63. The second-order valence-electron chi connectivity index (χ2n) is 9.07. The van der Waals surface area contributed by atoms with Gasteiger partial charge in [-0.25, -0.2) is 4.98 Å². The number of carbonyl (C=O) groups excluding carboxylic acids is 1. The van der Waals surface area contributed by atoms with Crippen LogP contribution in [0.15, 0.2) is 103 Å². The molecular formula is C32H25F3N2O2. The minimum absolute atomic E-state index is 0.0416. The average Bonchev–Trinajstić information content (AvgIpc) is 2.96. The lowest BCUT2D eigenvalue weighted by Crippen LogP contribution is -2.13. The summed E-state index contributed by atoms with van der Waals surface area (Å²) in [6.45, 7) is 1.11. The molecule has 0 aliphatic rings. The van der Waals surface area contributed by atoms with Gasteiger partial charge in [0.15, 0.2) is 0 Å². The van der Waals surface area contributed by atoms with E-state index in [0.29, 0.717) is 35.2 Å². The molecule has 5 rings (SSSR count). The summed E-state index contributed by atoms with van der Waals surface area (Å²) in [5.41, 5.74) is 2.35. The molecule has 0 amide bonds. The molecule has 1 aromatic heterocycles. The molecule has 0 aliphatic carbocycles. The fourth-order valence-electron chi connectivity index (χ4n) is 4.61. The van der Waals surface area contributed by atoms with Crippen LogP contribution < -0.4 is 10.1 Å². The van der Waals surface area contributed by atoms with Crippen LogP contribution in [0.25, 0.3) is 22.0 Å². The highest BCUT2D eigenvalue weighted by Gasteiger charge is 2.34. The Balaban J connectivity index is 1.54. The van der Waals surface area contributed by atoms with Gasteiger partial charge in [0.25, 0.3) is 0 Å². The molecule has 0 spiro atoms. The fourth-order valence-corrected chi connectivity index (χ4v) is 4.61. The summed E-state index contributed by atoms with van der Waals surface area (Å²) in [5, 5.41) is 3.72. The first-order valence-corrected chi connectivity index (χ1v) is 12.4. The molecule has 0 saturated heterocycles. The van der Waals surface area contributed by atoms with Crippen LogP contribution in [-0.2, 0) is 19.3 Å². The number of nitrogens with zero attached hydrogens (tertiary/aromatic N) is 1. The van der Waals surface area contributed by atoms with Gasteiger partial charge in [-0.05, 0) is 41.0 Å². The molecule has 0 fully saturated rings. The number of ether oxygens (including phenoxy) is 1. The van der Waals surface area contributed by atoms with E-state index in [0.717, 1.165) is 22.9 Å². The number of pyridine rings is 1. The van der Waals surface area contributed by atoms with Gasteiger partial charge in [-0.1, -0.05) is 78.9 Å². The molecule has 39 heavy (non-hydrogen) atoms. The van der Waals surface area contributed by atoms with E-state index in [1.165, 1.54) is 6.07 Å². The lowest BCUT2D eigenvalue weighted by molar-refractivity contribution is -0.136. The molecule has 1 heterocycles. The van der Waals surface area contributed by atoms with Crippen LogP contribution >= 0.6 is 0 Å². The van der Waals surface area contributed by atoms with Crippen LogP contribution in [-0.4, -0.2) is 17.9 Å². The summed E-state index contributed by atoms with van der Waals surface area (Å²) in [5.74, 6) is 0.350. The van der Waals surface area contributed by atoms with Crippen molar-refractivity contribution >= 4 is 16.7 Å². The van der Waals surface area contributed by atoms with E-state index < -0.39 is 17.5 Å². The highest BCUT2D eigenvalue weighted by molar-refractivity contribution is 6.10. The monoisotopic (exact) mass is 526 g/mol. The van der Waals surface area contributed by atoms with Crippen molar-refractivity contribution in [3.05, 3.63) is 131 Å². The number of ketones is 1. The van der Waals surface area contributed by atoms with Crippen LogP contribution in [0.5, 0.6) is 5.75 Å². The fraction of sp³-hybridized carbons (Fsp3) is 0.125. The molecule has 0 atom stereocenters. The molecule has 7 heteroatoms. The first kappa shape index (κ1) is 26.1. The summed E-state index contributed by atoms with van der Waals surface area (Å²) >= 11 is 0. The molecule has 1 N–H and O–H groups in total. The van der Waals surface area contributed by atoms with Gasteiger partial charge in [0, 0.05) is 29.6 Å². The molecule has 5 aromatic rings. The maximum absolute atomic E-state index is 14.0. The highest BCUT2D eigenvalue weighted by Crippen LogP contribution is 2.38. The van der Waals surface area contributed by atoms with Crippen molar-refractivity contribution in [1.29, 1.82) is 0 Å². The zero-order valence-corrected chi connectivity index (χ0v) is 21.1. The van der Waals surface area contributed by atoms with E-state index in [4.69, 9.17) is 4.74 Å². The predicted molar refractivity (Wildman–Crippen MR) is 146 cm³/mol. The van der Waals surface area contributed by atoms with Crippen molar-refractivity contribution in [2.45, 2.75) is 19.3 Å². The van der Waals surface area contributed by atoms with Crippen molar-refractivity contribution < 1.29 is 22.7 Å². The lowest BCUT2D eigenvalue weighted by Gasteiger charge is -2.15. The van der Waals surface area contributed by atoms with Crippen LogP contribution in [0, 0.1) is 0 Å². The number of carbonyl (C=O) groups is 1. The maximum atomic E-state index is 14.0. The van der Waals surface area contributed by atoms with Gasteiger partial charge in [0.2, 0.25) is 5.78 Å². The standard InChI is InChI=1S/C32H25F3N2O2/c1-39-29-16-6-5-12-24(29)20-36-19-21-9-7-13-23(17-21)26-18-28(31(38)22-10-3-2-4-11-22)37-30-25(26)14-8-15-27(30)32(33,34)35/h2-18,36H,19-20H2,1H3. The predicted octanol–water partition coefficient (Wildman–Crippen LogP) is 7.45. The number of methoxy groups -OCH3 is 1. The Morgan fingerprint density at radius 3 is 2.36 bits per heavy atom. The van der Waals surface area contributed by atoms with E-state index in [1.54, 1.807) is 49.6 Å². The highest BCUT2D eigenvalue weighted by atomic mass is 19.4. The zero-order valence-electron chi connectivity index (χ0n) is 21.1. The number of alkyl halides is 3. The van der Waals surface area contributed by atoms with Gasteiger partial charge in [0.1, 0.15) is 11.4 Å². The van der Waals surface area contributed by atoms with Crippen LogP contribution in [0.4, 0.5) is 13.2 Å². The van der Waals surface area contributed by atoms with Gasteiger partial charge in [-0.2, -0.15) is 13.2 Å². The minimum atomic E-state index is -4.62. The third-order valence-electron chi connectivity index (χ3n) is 6.49. The summed E-state index contributed by atoms with van der Waals surface area (Å²) < 4.78 is 47.3. The number of fused-ring (bicyclic) bond motifs is 1. The topological polar surface area (TPSA) is 51.2 Å². The second-order valence-corrected chi connectivity index (χ2v) is 9.07. The van der Waals surface area contributed by atoms with Crippen molar-refractivity contribution in [3.63, 3.8) is 0 Å². The number of aromatic nitrogens is 1. The van der Waals surface area contributed by atoms with Crippen molar-refractivity contribution in [2.24, 2.45) is 0 Å². The molecule has 0 saturated carbocycles. The summed E-state index contributed by atoms with van der Waals surface area (Å²) in [6, 6.07) is 29.3. The van der Waals surface area contributed by atoms with Gasteiger partial charge >= 0.3 is 6.18 Å². The summed E-state index contributed by atoms with van der Waals surface area (Å²) in [6.07, 6.45) is -4.62. The molecule has 4 nitrogen and oxygen atoms in total. The first-order chi connectivity index (χ1) is 18.8. The Morgan fingerprint density at radius 1 is 0.846 bits per heavy atom. The molecule has 196 valence electrons. The minimum Gasteiger partial charge on any atom is -0.496 e. The first-order valence-electron chi connectivity index (χ1n) is 12.4. The number of hydrogen-bond acceptors (Lipinski definition) is 4. The number of rotatable bonds is 8. The Morgan fingerprint density at radius 2 is 1.59 bits per heavy atom. The molecule has 0 radical (unpaired) electrons.